The minimum Gasteiger partial charge on any atom is -0.320 e. The van der Waals surface area contributed by atoms with E-state index in [2.05, 4.69) is 9.88 Å². The number of rotatable bonds is 3. The Morgan fingerprint density at radius 3 is 2.59 bits per heavy atom. The molecule has 1 aromatic carbocycles. The van der Waals surface area contributed by atoms with Crippen LogP contribution in [-0.2, 0) is 33.6 Å². The molecule has 0 spiro atoms. The van der Waals surface area contributed by atoms with Crippen molar-refractivity contribution in [3.63, 3.8) is 0 Å². The first-order valence-corrected chi connectivity index (χ1v) is 9.44. The lowest BCUT2D eigenvalue weighted by atomic mass is 10.1. The molecule has 4 rings (SSSR count). The van der Waals surface area contributed by atoms with Gasteiger partial charge in [-0.1, -0.05) is 29.3 Å². The Labute approximate surface area is 165 Å². The number of aromatic nitrogens is 4. The monoisotopic (exact) mass is 407 g/mol. The molecule has 0 aliphatic carbocycles. The van der Waals surface area contributed by atoms with Crippen molar-refractivity contribution in [1.82, 2.24) is 23.6 Å². The molecular formula is C18H19Cl2N5O2. The lowest BCUT2D eigenvalue weighted by Crippen LogP contribution is -2.39. The molecule has 2 aromatic heterocycles. The quantitative estimate of drug-likeness (QED) is 0.663. The van der Waals surface area contributed by atoms with E-state index in [9.17, 15) is 9.59 Å². The lowest BCUT2D eigenvalue weighted by Gasteiger charge is -2.27. The summed E-state index contributed by atoms with van der Waals surface area (Å²) in [7, 11) is 3.14. The van der Waals surface area contributed by atoms with E-state index in [1.807, 2.05) is 22.8 Å². The molecule has 0 atom stereocenters. The van der Waals surface area contributed by atoms with Gasteiger partial charge in [0.15, 0.2) is 11.2 Å². The molecule has 0 unspecified atom stereocenters. The van der Waals surface area contributed by atoms with E-state index in [1.165, 1.54) is 11.6 Å². The molecule has 0 fully saturated rings. The van der Waals surface area contributed by atoms with Crippen LogP contribution in [0, 0.1) is 0 Å². The van der Waals surface area contributed by atoms with Gasteiger partial charge in [-0.15, -0.1) is 0 Å². The van der Waals surface area contributed by atoms with Crippen LogP contribution in [0.1, 0.15) is 11.4 Å². The van der Waals surface area contributed by atoms with Crippen LogP contribution in [0.2, 0.25) is 10.0 Å². The normalized spacial score (nSPS) is 14.7. The lowest BCUT2D eigenvalue weighted by molar-refractivity contribution is 0.221. The van der Waals surface area contributed by atoms with Crippen LogP contribution in [-0.4, -0.2) is 36.7 Å². The first-order chi connectivity index (χ1) is 12.9. The van der Waals surface area contributed by atoms with E-state index in [0.717, 1.165) is 35.5 Å². The van der Waals surface area contributed by atoms with Crippen molar-refractivity contribution in [2.45, 2.75) is 19.5 Å². The second-order valence-electron chi connectivity index (χ2n) is 6.83. The Kier molecular flexibility index (Phi) is 4.61. The average molecular weight is 408 g/mol. The van der Waals surface area contributed by atoms with Gasteiger partial charge in [-0.05, 0) is 24.1 Å². The van der Waals surface area contributed by atoms with Crippen molar-refractivity contribution in [2.24, 2.45) is 14.1 Å². The van der Waals surface area contributed by atoms with Crippen molar-refractivity contribution < 1.29 is 0 Å². The zero-order chi connectivity index (χ0) is 19.3. The van der Waals surface area contributed by atoms with Crippen LogP contribution >= 0.6 is 23.2 Å². The molecular weight excluding hydrogens is 389 g/mol. The number of nitrogens with zero attached hydrogens (tertiary/aromatic N) is 5. The van der Waals surface area contributed by atoms with E-state index in [0.29, 0.717) is 34.3 Å². The third kappa shape index (κ3) is 3.09. The predicted octanol–water partition coefficient (Wildman–Crippen LogP) is 1.80. The van der Waals surface area contributed by atoms with Crippen LogP contribution < -0.4 is 11.2 Å². The smallest absolute Gasteiger partial charge is 0.320 e. The molecule has 7 nitrogen and oxygen atoms in total. The SMILES string of the molecule is Cn1c(=O)c2c(nc3n2CCN(CCc2ccc(Cl)c(Cl)c2)C3)n(C)c1=O. The van der Waals surface area contributed by atoms with Gasteiger partial charge in [-0.3, -0.25) is 18.8 Å². The second kappa shape index (κ2) is 6.82. The first kappa shape index (κ1) is 18.3. The number of halogens is 2. The number of hydrogen-bond acceptors (Lipinski definition) is 4. The fourth-order valence-electron chi connectivity index (χ4n) is 3.55. The van der Waals surface area contributed by atoms with E-state index < -0.39 is 0 Å². The van der Waals surface area contributed by atoms with E-state index in [4.69, 9.17) is 23.2 Å². The minimum atomic E-state index is -0.362. The summed E-state index contributed by atoms with van der Waals surface area (Å²) in [5, 5.41) is 1.12. The Hall–Kier alpha value is -2.09. The molecule has 0 bridgehead atoms. The highest BCUT2D eigenvalue weighted by atomic mass is 35.5. The third-order valence-electron chi connectivity index (χ3n) is 5.13. The van der Waals surface area contributed by atoms with Crippen molar-refractivity contribution in [3.8, 4) is 0 Å². The summed E-state index contributed by atoms with van der Waals surface area (Å²) in [6.45, 7) is 2.96. The highest BCUT2D eigenvalue weighted by Crippen LogP contribution is 2.23. The highest BCUT2D eigenvalue weighted by Gasteiger charge is 2.24. The predicted molar refractivity (Wildman–Crippen MR) is 106 cm³/mol. The standard InChI is InChI=1S/C18H19Cl2N5O2/c1-22-16-15(17(26)23(2)18(22)27)25-8-7-24(10-14(25)21-16)6-5-11-3-4-12(19)13(20)9-11/h3-4,9H,5-8,10H2,1-2H3. The van der Waals surface area contributed by atoms with Gasteiger partial charge in [0.05, 0.1) is 16.6 Å². The fraction of sp³-hybridized carbons (Fsp3) is 0.389. The Bertz CT molecular complexity index is 1160. The number of fused-ring (bicyclic) bond motifs is 3. The topological polar surface area (TPSA) is 65.1 Å². The molecule has 0 N–H and O–H groups in total. The molecule has 1 aliphatic rings. The van der Waals surface area contributed by atoms with Gasteiger partial charge in [0.1, 0.15) is 5.82 Å². The molecule has 1 aliphatic heterocycles. The van der Waals surface area contributed by atoms with Gasteiger partial charge in [0.25, 0.3) is 5.56 Å². The van der Waals surface area contributed by atoms with Crippen LogP contribution in [0.4, 0.5) is 0 Å². The third-order valence-corrected chi connectivity index (χ3v) is 5.87. The van der Waals surface area contributed by atoms with Crippen LogP contribution in [0.3, 0.4) is 0 Å². The molecule has 0 amide bonds. The molecule has 0 saturated carbocycles. The molecule has 3 aromatic rings. The number of hydrogen-bond donors (Lipinski definition) is 0. The van der Waals surface area contributed by atoms with Crippen LogP contribution in [0.5, 0.6) is 0 Å². The van der Waals surface area contributed by atoms with Crippen LogP contribution in [0.25, 0.3) is 11.2 Å². The minimum absolute atomic E-state index is 0.295. The molecule has 9 heteroatoms. The van der Waals surface area contributed by atoms with E-state index >= 15 is 0 Å². The summed E-state index contributed by atoms with van der Waals surface area (Å²) >= 11 is 12.1. The molecule has 27 heavy (non-hydrogen) atoms. The summed E-state index contributed by atoms with van der Waals surface area (Å²) in [6.07, 6.45) is 0.845. The number of benzene rings is 1. The summed E-state index contributed by atoms with van der Waals surface area (Å²) in [6, 6.07) is 5.68. The molecule has 0 radical (unpaired) electrons. The summed E-state index contributed by atoms with van der Waals surface area (Å²) in [4.78, 5) is 31.5. The Morgan fingerprint density at radius 1 is 1.07 bits per heavy atom. The van der Waals surface area contributed by atoms with Crippen LogP contribution in [0.15, 0.2) is 27.8 Å². The molecule has 0 saturated heterocycles. The summed E-state index contributed by atoms with van der Waals surface area (Å²) in [5.74, 6) is 0.809. The maximum atomic E-state index is 12.5. The van der Waals surface area contributed by atoms with Crippen molar-refractivity contribution in [3.05, 3.63) is 60.5 Å². The highest BCUT2D eigenvalue weighted by molar-refractivity contribution is 6.42. The number of aryl methyl sites for hydroxylation is 1. The van der Waals surface area contributed by atoms with Gasteiger partial charge < -0.3 is 4.57 Å². The van der Waals surface area contributed by atoms with Crippen molar-refractivity contribution in [2.75, 3.05) is 13.1 Å². The molecule has 3 heterocycles. The van der Waals surface area contributed by atoms with Gasteiger partial charge in [-0.2, -0.15) is 0 Å². The van der Waals surface area contributed by atoms with E-state index in [1.54, 1.807) is 7.05 Å². The summed E-state index contributed by atoms with van der Waals surface area (Å²) < 4.78 is 4.50. The largest absolute Gasteiger partial charge is 0.332 e. The Morgan fingerprint density at radius 2 is 1.85 bits per heavy atom. The second-order valence-corrected chi connectivity index (χ2v) is 7.65. The van der Waals surface area contributed by atoms with Gasteiger partial charge in [0.2, 0.25) is 0 Å². The Balaban J connectivity index is 1.59. The maximum Gasteiger partial charge on any atom is 0.332 e. The van der Waals surface area contributed by atoms with Gasteiger partial charge >= 0.3 is 5.69 Å². The average Bonchev–Trinajstić information content (AvgIpc) is 3.04. The van der Waals surface area contributed by atoms with Crippen molar-refractivity contribution >= 4 is 34.4 Å². The van der Waals surface area contributed by atoms with Gasteiger partial charge in [0, 0.05) is 33.7 Å². The first-order valence-electron chi connectivity index (χ1n) is 8.68. The molecule has 142 valence electrons. The van der Waals surface area contributed by atoms with Gasteiger partial charge in [-0.25, -0.2) is 9.78 Å². The summed E-state index contributed by atoms with van der Waals surface area (Å²) in [5.41, 5.74) is 1.42. The maximum absolute atomic E-state index is 12.5. The zero-order valence-electron chi connectivity index (χ0n) is 15.1. The zero-order valence-corrected chi connectivity index (χ0v) is 16.6. The van der Waals surface area contributed by atoms with Crippen molar-refractivity contribution in [1.29, 1.82) is 0 Å². The van der Waals surface area contributed by atoms with E-state index in [-0.39, 0.29) is 11.2 Å². The fourth-order valence-corrected chi connectivity index (χ4v) is 3.87. The number of imidazole rings is 1.